The SMILES string of the molecule is O=CCNc1ncc(C=O)cc1Cl. The Morgan fingerprint density at radius 1 is 1.54 bits per heavy atom. The highest BCUT2D eigenvalue weighted by Gasteiger charge is 2.01. The number of hydrogen-bond acceptors (Lipinski definition) is 4. The molecule has 1 N–H and O–H groups in total. The molecule has 0 radical (unpaired) electrons. The third kappa shape index (κ3) is 2.52. The second kappa shape index (κ2) is 4.57. The van der Waals surface area contributed by atoms with Gasteiger partial charge in [-0.05, 0) is 6.07 Å². The molecule has 0 bridgehead atoms. The van der Waals surface area contributed by atoms with Crippen LogP contribution < -0.4 is 5.32 Å². The van der Waals surface area contributed by atoms with E-state index in [1.165, 1.54) is 12.3 Å². The summed E-state index contributed by atoms with van der Waals surface area (Å²) < 4.78 is 0. The highest BCUT2D eigenvalue weighted by atomic mass is 35.5. The van der Waals surface area contributed by atoms with Crippen LogP contribution in [0.15, 0.2) is 12.3 Å². The molecule has 4 nitrogen and oxygen atoms in total. The van der Waals surface area contributed by atoms with Gasteiger partial charge in [0.05, 0.1) is 11.6 Å². The van der Waals surface area contributed by atoms with Gasteiger partial charge in [0, 0.05) is 11.8 Å². The molecule has 1 heterocycles. The van der Waals surface area contributed by atoms with Crippen molar-refractivity contribution >= 4 is 30.0 Å². The van der Waals surface area contributed by atoms with E-state index in [-0.39, 0.29) is 6.54 Å². The number of rotatable bonds is 4. The van der Waals surface area contributed by atoms with E-state index in [0.29, 0.717) is 29.0 Å². The van der Waals surface area contributed by atoms with E-state index in [1.807, 2.05) is 0 Å². The molecule has 0 amide bonds. The van der Waals surface area contributed by atoms with E-state index >= 15 is 0 Å². The molecule has 0 aromatic carbocycles. The molecule has 0 unspecified atom stereocenters. The molecule has 0 saturated carbocycles. The fourth-order valence-corrected chi connectivity index (χ4v) is 1.03. The summed E-state index contributed by atoms with van der Waals surface area (Å²) >= 11 is 5.74. The van der Waals surface area contributed by atoms with Crippen LogP contribution in [0.1, 0.15) is 10.4 Å². The lowest BCUT2D eigenvalue weighted by Gasteiger charge is -2.03. The minimum absolute atomic E-state index is 0.146. The summed E-state index contributed by atoms with van der Waals surface area (Å²) in [6.45, 7) is 0.146. The normalized spacial score (nSPS) is 9.31. The van der Waals surface area contributed by atoms with Crippen molar-refractivity contribution in [2.75, 3.05) is 11.9 Å². The lowest BCUT2D eigenvalue weighted by Crippen LogP contribution is -2.04. The maximum absolute atomic E-state index is 10.3. The predicted octanol–water partition coefficient (Wildman–Crippen LogP) is 1.16. The average Bonchev–Trinajstić information content (AvgIpc) is 2.16. The zero-order valence-electron chi connectivity index (χ0n) is 6.66. The van der Waals surface area contributed by atoms with Gasteiger partial charge in [-0.2, -0.15) is 0 Å². The summed E-state index contributed by atoms with van der Waals surface area (Å²) in [6.07, 6.45) is 2.74. The molecular formula is C8H7ClN2O2. The number of aromatic nitrogens is 1. The number of aldehydes is 2. The molecule has 0 aliphatic heterocycles. The Balaban J connectivity index is 2.84. The van der Waals surface area contributed by atoms with Crippen molar-refractivity contribution in [3.63, 3.8) is 0 Å². The smallest absolute Gasteiger partial charge is 0.151 e. The van der Waals surface area contributed by atoms with Crippen molar-refractivity contribution in [1.29, 1.82) is 0 Å². The summed E-state index contributed by atoms with van der Waals surface area (Å²) in [5.41, 5.74) is 0.404. The number of carbonyl (C=O) groups is 2. The zero-order valence-corrected chi connectivity index (χ0v) is 7.41. The largest absolute Gasteiger partial charge is 0.362 e. The van der Waals surface area contributed by atoms with E-state index in [2.05, 4.69) is 10.3 Å². The van der Waals surface area contributed by atoms with Crippen LogP contribution in [0.4, 0.5) is 5.82 Å². The number of halogens is 1. The number of hydrogen-bond donors (Lipinski definition) is 1. The first-order valence-corrected chi connectivity index (χ1v) is 3.94. The number of carbonyl (C=O) groups excluding carboxylic acids is 2. The molecule has 0 spiro atoms. The quantitative estimate of drug-likeness (QED) is 0.738. The molecular weight excluding hydrogens is 192 g/mol. The minimum Gasteiger partial charge on any atom is -0.362 e. The van der Waals surface area contributed by atoms with Crippen molar-refractivity contribution in [2.45, 2.75) is 0 Å². The van der Waals surface area contributed by atoms with Gasteiger partial charge in [0.25, 0.3) is 0 Å². The molecule has 68 valence electrons. The van der Waals surface area contributed by atoms with Gasteiger partial charge >= 0.3 is 0 Å². The molecule has 1 aromatic heterocycles. The van der Waals surface area contributed by atoms with E-state index in [0.717, 1.165) is 0 Å². The number of nitrogens with zero attached hydrogens (tertiary/aromatic N) is 1. The van der Waals surface area contributed by atoms with Gasteiger partial charge in [0.15, 0.2) is 6.29 Å². The van der Waals surface area contributed by atoms with Crippen LogP contribution in [0.3, 0.4) is 0 Å². The van der Waals surface area contributed by atoms with Gasteiger partial charge in [0.2, 0.25) is 0 Å². The summed E-state index contributed by atoms with van der Waals surface area (Å²) in [6, 6.07) is 1.48. The maximum Gasteiger partial charge on any atom is 0.151 e. The Morgan fingerprint density at radius 3 is 2.85 bits per heavy atom. The maximum atomic E-state index is 10.3. The van der Waals surface area contributed by atoms with Crippen LogP contribution in [0.25, 0.3) is 0 Å². The van der Waals surface area contributed by atoms with Crippen molar-refractivity contribution in [3.05, 3.63) is 22.8 Å². The van der Waals surface area contributed by atoms with Crippen molar-refractivity contribution in [1.82, 2.24) is 4.98 Å². The number of pyridine rings is 1. The Bertz CT molecular complexity index is 328. The number of anilines is 1. The summed E-state index contributed by atoms with van der Waals surface area (Å²) in [7, 11) is 0. The molecule has 1 aromatic rings. The topological polar surface area (TPSA) is 59.1 Å². The van der Waals surface area contributed by atoms with Crippen LogP contribution >= 0.6 is 11.6 Å². The zero-order chi connectivity index (χ0) is 9.68. The molecule has 0 aliphatic carbocycles. The minimum atomic E-state index is 0.146. The molecule has 0 aliphatic rings. The fourth-order valence-electron chi connectivity index (χ4n) is 0.786. The second-order valence-electron chi connectivity index (χ2n) is 2.26. The van der Waals surface area contributed by atoms with Gasteiger partial charge in [-0.25, -0.2) is 4.98 Å². The summed E-state index contributed by atoms with van der Waals surface area (Å²) in [4.78, 5) is 24.2. The highest BCUT2D eigenvalue weighted by molar-refractivity contribution is 6.33. The first kappa shape index (κ1) is 9.67. The molecule has 0 fully saturated rings. The first-order chi connectivity index (χ1) is 6.27. The number of nitrogens with one attached hydrogen (secondary N) is 1. The van der Waals surface area contributed by atoms with E-state index in [9.17, 15) is 9.59 Å². The van der Waals surface area contributed by atoms with E-state index < -0.39 is 0 Å². The predicted molar refractivity (Wildman–Crippen MR) is 49.2 cm³/mol. The van der Waals surface area contributed by atoms with Crippen molar-refractivity contribution in [2.24, 2.45) is 0 Å². The summed E-state index contributed by atoms with van der Waals surface area (Å²) in [5, 5.41) is 3.01. The summed E-state index contributed by atoms with van der Waals surface area (Å²) in [5.74, 6) is 0.402. The molecule has 5 heteroatoms. The van der Waals surface area contributed by atoms with Crippen molar-refractivity contribution in [3.8, 4) is 0 Å². The van der Waals surface area contributed by atoms with Crippen LogP contribution in [-0.2, 0) is 4.79 Å². The van der Waals surface area contributed by atoms with Gasteiger partial charge in [-0.3, -0.25) is 4.79 Å². The van der Waals surface area contributed by atoms with E-state index in [4.69, 9.17) is 11.6 Å². The van der Waals surface area contributed by atoms with Gasteiger partial charge < -0.3 is 10.1 Å². The lowest BCUT2D eigenvalue weighted by molar-refractivity contribution is -0.106. The third-order valence-corrected chi connectivity index (χ3v) is 1.64. The van der Waals surface area contributed by atoms with E-state index in [1.54, 1.807) is 0 Å². The molecule has 0 atom stereocenters. The van der Waals surface area contributed by atoms with Gasteiger partial charge in [-0.1, -0.05) is 11.6 Å². The third-order valence-electron chi connectivity index (χ3n) is 1.35. The second-order valence-corrected chi connectivity index (χ2v) is 2.67. The van der Waals surface area contributed by atoms with Crippen LogP contribution in [-0.4, -0.2) is 24.1 Å². The highest BCUT2D eigenvalue weighted by Crippen LogP contribution is 2.18. The van der Waals surface area contributed by atoms with Crippen LogP contribution in [0, 0.1) is 0 Å². The molecule has 0 saturated heterocycles. The lowest BCUT2D eigenvalue weighted by atomic mass is 10.3. The Kier molecular flexibility index (Phi) is 3.40. The average molecular weight is 199 g/mol. The fraction of sp³-hybridized carbons (Fsp3) is 0.125. The van der Waals surface area contributed by atoms with Crippen molar-refractivity contribution < 1.29 is 9.59 Å². The Labute approximate surface area is 79.9 Å². The molecule has 13 heavy (non-hydrogen) atoms. The standard InChI is InChI=1S/C8H7ClN2O2/c9-7-3-6(5-13)4-11-8(7)10-1-2-12/h2-5H,1H2,(H,10,11). The van der Waals surface area contributed by atoms with Gasteiger partial charge in [0.1, 0.15) is 12.1 Å². The molecule has 1 rings (SSSR count). The monoisotopic (exact) mass is 198 g/mol. The first-order valence-electron chi connectivity index (χ1n) is 3.56. The Morgan fingerprint density at radius 2 is 2.31 bits per heavy atom. The van der Waals surface area contributed by atoms with Crippen LogP contribution in [0.5, 0.6) is 0 Å². The Hall–Kier alpha value is -1.42. The van der Waals surface area contributed by atoms with Crippen LogP contribution in [0.2, 0.25) is 5.02 Å². The van der Waals surface area contributed by atoms with Gasteiger partial charge in [-0.15, -0.1) is 0 Å².